The first-order valence-electron chi connectivity index (χ1n) is 8.47. The van der Waals surface area contributed by atoms with Crippen molar-refractivity contribution in [1.29, 1.82) is 0 Å². The molecule has 2 aliphatic rings. The zero-order chi connectivity index (χ0) is 15.1. The van der Waals surface area contributed by atoms with Gasteiger partial charge >= 0.3 is 0 Å². The molecular weight excluding hydrogens is 407 g/mol. The fourth-order valence-electron chi connectivity index (χ4n) is 3.52. The molecule has 0 radical (unpaired) electrons. The van der Waals surface area contributed by atoms with E-state index in [1.165, 1.54) is 51.7 Å². The van der Waals surface area contributed by atoms with E-state index in [9.17, 15) is 0 Å². The lowest BCUT2D eigenvalue weighted by molar-refractivity contribution is 0.183. The van der Waals surface area contributed by atoms with Gasteiger partial charge in [0.2, 0.25) is 0 Å². The Labute approximate surface area is 157 Å². The third kappa shape index (κ3) is 6.43. The van der Waals surface area contributed by atoms with Crippen LogP contribution in [0, 0.1) is 5.92 Å². The Morgan fingerprint density at radius 2 is 2.14 bits per heavy atom. The molecule has 22 heavy (non-hydrogen) atoms. The maximum absolute atomic E-state index is 4.40. The summed E-state index contributed by atoms with van der Waals surface area (Å²) in [5.74, 6) is 1.76. The summed E-state index contributed by atoms with van der Waals surface area (Å²) >= 11 is 2.00. The van der Waals surface area contributed by atoms with E-state index in [0.29, 0.717) is 6.04 Å². The van der Waals surface area contributed by atoms with E-state index >= 15 is 0 Å². The SMILES string of the molecule is CCN1CCCC(CNC(=NC)NC2CCC(SC)C2)C1.I. The third-order valence-corrected chi connectivity index (χ3v) is 5.99. The summed E-state index contributed by atoms with van der Waals surface area (Å²) in [6.45, 7) is 7.01. The molecule has 3 unspecified atom stereocenters. The highest BCUT2D eigenvalue weighted by Crippen LogP contribution is 2.28. The number of likely N-dealkylation sites (tertiary alicyclic amines) is 1. The second-order valence-corrected chi connectivity index (χ2v) is 7.50. The average molecular weight is 440 g/mol. The Morgan fingerprint density at radius 1 is 1.32 bits per heavy atom. The Kier molecular flexibility index (Phi) is 10.1. The van der Waals surface area contributed by atoms with Crippen molar-refractivity contribution in [3.8, 4) is 0 Å². The van der Waals surface area contributed by atoms with Gasteiger partial charge < -0.3 is 15.5 Å². The molecule has 130 valence electrons. The number of halogens is 1. The zero-order valence-electron chi connectivity index (χ0n) is 14.3. The predicted molar refractivity (Wildman–Crippen MR) is 110 cm³/mol. The molecule has 3 atom stereocenters. The maximum Gasteiger partial charge on any atom is 0.191 e. The van der Waals surface area contributed by atoms with Crippen molar-refractivity contribution in [1.82, 2.24) is 15.5 Å². The fraction of sp³-hybridized carbons (Fsp3) is 0.938. The van der Waals surface area contributed by atoms with Gasteiger partial charge in [-0.25, -0.2) is 0 Å². The van der Waals surface area contributed by atoms with Crippen molar-refractivity contribution in [3.63, 3.8) is 0 Å². The van der Waals surface area contributed by atoms with Crippen LogP contribution in [-0.2, 0) is 0 Å². The van der Waals surface area contributed by atoms with Gasteiger partial charge in [0, 0.05) is 31.4 Å². The Balaban J connectivity index is 0.00000242. The minimum atomic E-state index is 0. The lowest BCUT2D eigenvalue weighted by atomic mass is 9.98. The van der Waals surface area contributed by atoms with Crippen LogP contribution in [-0.4, -0.2) is 61.6 Å². The van der Waals surface area contributed by atoms with Gasteiger partial charge in [0.25, 0.3) is 0 Å². The third-order valence-electron chi connectivity index (χ3n) is 4.89. The summed E-state index contributed by atoms with van der Waals surface area (Å²) < 4.78 is 0. The molecule has 0 amide bonds. The van der Waals surface area contributed by atoms with Crippen LogP contribution in [0.15, 0.2) is 4.99 Å². The quantitative estimate of drug-likeness (QED) is 0.392. The van der Waals surface area contributed by atoms with Gasteiger partial charge in [-0.05, 0) is 57.4 Å². The Bertz CT molecular complexity index is 340. The Morgan fingerprint density at radius 3 is 2.77 bits per heavy atom. The van der Waals surface area contributed by atoms with Crippen LogP contribution in [0.5, 0.6) is 0 Å². The maximum atomic E-state index is 4.40. The molecule has 0 aromatic carbocycles. The number of hydrogen-bond acceptors (Lipinski definition) is 3. The first-order valence-corrected chi connectivity index (χ1v) is 9.76. The second kappa shape index (κ2) is 11.0. The first-order chi connectivity index (χ1) is 10.2. The molecule has 1 heterocycles. The van der Waals surface area contributed by atoms with Crippen LogP contribution in [0.25, 0.3) is 0 Å². The molecule has 1 aliphatic carbocycles. The van der Waals surface area contributed by atoms with Gasteiger partial charge in [-0.2, -0.15) is 11.8 Å². The average Bonchev–Trinajstić information content (AvgIpc) is 2.99. The molecule has 6 heteroatoms. The topological polar surface area (TPSA) is 39.7 Å². The molecule has 0 aromatic rings. The molecule has 1 saturated heterocycles. The summed E-state index contributed by atoms with van der Waals surface area (Å²) in [5.41, 5.74) is 0. The van der Waals surface area contributed by atoms with Gasteiger partial charge in [-0.15, -0.1) is 24.0 Å². The first kappa shape index (κ1) is 20.4. The Hall–Kier alpha value is 0.310. The van der Waals surface area contributed by atoms with E-state index in [0.717, 1.165) is 23.7 Å². The summed E-state index contributed by atoms with van der Waals surface area (Å²) in [5, 5.41) is 7.99. The van der Waals surface area contributed by atoms with Crippen LogP contribution in [0.2, 0.25) is 0 Å². The van der Waals surface area contributed by atoms with Crippen LogP contribution in [0.1, 0.15) is 39.0 Å². The van der Waals surface area contributed by atoms with E-state index < -0.39 is 0 Å². The summed E-state index contributed by atoms with van der Waals surface area (Å²) in [7, 11) is 1.88. The number of hydrogen-bond donors (Lipinski definition) is 2. The van der Waals surface area contributed by atoms with Crippen molar-refractivity contribution >= 4 is 41.7 Å². The largest absolute Gasteiger partial charge is 0.356 e. The highest BCUT2D eigenvalue weighted by molar-refractivity contribution is 14.0. The van der Waals surface area contributed by atoms with Crippen molar-refractivity contribution in [2.75, 3.05) is 39.5 Å². The van der Waals surface area contributed by atoms with E-state index in [1.807, 2.05) is 18.8 Å². The minimum absolute atomic E-state index is 0. The van der Waals surface area contributed by atoms with E-state index in [4.69, 9.17) is 0 Å². The lowest BCUT2D eigenvalue weighted by Crippen LogP contribution is -2.46. The smallest absolute Gasteiger partial charge is 0.191 e. The van der Waals surface area contributed by atoms with E-state index in [-0.39, 0.29) is 24.0 Å². The van der Waals surface area contributed by atoms with Crippen LogP contribution in [0.3, 0.4) is 0 Å². The fourth-order valence-corrected chi connectivity index (χ4v) is 4.32. The standard InChI is InChI=1S/C16H32N4S.HI/c1-4-20-9-5-6-13(12-20)11-18-16(17-2)19-14-7-8-15(10-14)21-3;/h13-15H,4-12H2,1-3H3,(H2,17,18,19);1H. The number of piperidine rings is 1. The zero-order valence-corrected chi connectivity index (χ0v) is 17.5. The molecule has 0 bridgehead atoms. The molecule has 1 saturated carbocycles. The number of guanidine groups is 1. The number of rotatable bonds is 5. The predicted octanol–water partition coefficient (Wildman–Crippen LogP) is 2.79. The summed E-state index contributed by atoms with van der Waals surface area (Å²) in [6, 6.07) is 0.604. The van der Waals surface area contributed by atoms with E-state index in [1.54, 1.807) is 0 Å². The monoisotopic (exact) mass is 440 g/mol. The number of thioether (sulfide) groups is 1. The molecule has 0 aromatic heterocycles. The normalized spacial score (nSPS) is 30.0. The lowest BCUT2D eigenvalue weighted by Gasteiger charge is -2.32. The van der Waals surface area contributed by atoms with Crippen LogP contribution >= 0.6 is 35.7 Å². The highest BCUT2D eigenvalue weighted by atomic mass is 127. The van der Waals surface area contributed by atoms with Gasteiger partial charge in [0.15, 0.2) is 5.96 Å². The second-order valence-electron chi connectivity index (χ2n) is 6.37. The summed E-state index contributed by atoms with van der Waals surface area (Å²) in [6.07, 6.45) is 8.80. The summed E-state index contributed by atoms with van der Waals surface area (Å²) in [4.78, 5) is 6.96. The number of aliphatic imine (C=N–C) groups is 1. The minimum Gasteiger partial charge on any atom is -0.356 e. The van der Waals surface area contributed by atoms with Crippen LogP contribution in [0.4, 0.5) is 0 Å². The van der Waals surface area contributed by atoms with Crippen molar-refractivity contribution in [2.24, 2.45) is 10.9 Å². The number of nitrogens with one attached hydrogen (secondary N) is 2. The van der Waals surface area contributed by atoms with Gasteiger partial charge in [0.05, 0.1) is 0 Å². The van der Waals surface area contributed by atoms with Crippen molar-refractivity contribution in [3.05, 3.63) is 0 Å². The molecule has 2 N–H and O–H groups in total. The van der Waals surface area contributed by atoms with Crippen molar-refractivity contribution < 1.29 is 0 Å². The molecule has 4 nitrogen and oxygen atoms in total. The van der Waals surface area contributed by atoms with Gasteiger partial charge in [0.1, 0.15) is 0 Å². The van der Waals surface area contributed by atoms with Crippen molar-refractivity contribution in [2.45, 2.75) is 50.3 Å². The van der Waals surface area contributed by atoms with Gasteiger partial charge in [-0.3, -0.25) is 4.99 Å². The number of nitrogens with zero attached hydrogens (tertiary/aromatic N) is 2. The molecule has 1 aliphatic heterocycles. The van der Waals surface area contributed by atoms with Crippen LogP contribution < -0.4 is 10.6 Å². The van der Waals surface area contributed by atoms with E-state index in [2.05, 4.69) is 33.7 Å². The molecule has 2 rings (SSSR count). The highest BCUT2D eigenvalue weighted by Gasteiger charge is 2.25. The molecule has 0 spiro atoms. The molecule has 2 fully saturated rings. The van der Waals surface area contributed by atoms with Gasteiger partial charge in [-0.1, -0.05) is 6.92 Å². The molecular formula is C16H33IN4S.